The molecule has 0 heterocycles. The molecule has 7 nitrogen and oxygen atoms in total. The Balaban J connectivity index is 2.84. The Morgan fingerprint density at radius 3 is 2.60 bits per heavy atom. The summed E-state index contributed by atoms with van der Waals surface area (Å²) in [6.07, 6.45) is -1.27. The average Bonchev–Trinajstić information content (AvgIpc) is 2.35. The fraction of sp³-hybridized carbons (Fsp3) is 0.250. The smallest absolute Gasteiger partial charge is 0.328 e. The summed E-state index contributed by atoms with van der Waals surface area (Å²) in [5.41, 5.74) is 0.320. The SMILES string of the molecule is CC(O)C(NC(=O)Nc1cc(Cl)ccc1C#N)C(=O)O. The van der Waals surface area contributed by atoms with Crippen LogP contribution >= 0.6 is 11.6 Å². The van der Waals surface area contributed by atoms with Crippen molar-refractivity contribution in [1.82, 2.24) is 5.32 Å². The number of carbonyl (C=O) groups excluding carboxylic acids is 1. The third kappa shape index (κ3) is 4.12. The van der Waals surface area contributed by atoms with E-state index >= 15 is 0 Å². The van der Waals surface area contributed by atoms with Crippen LogP contribution in [0.2, 0.25) is 5.02 Å². The quantitative estimate of drug-likeness (QED) is 0.664. The number of hydrogen-bond donors (Lipinski definition) is 4. The van der Waals surface area contributed by atoms with Crippen LogP contribution in [0.25, 0.3) is 0 Å². The monoisotopic (exact) mass is 297 g/mol. The Labute approximate surface area is 119 Å². The lowest BCUT2D eigenvalue weighted by atomic mass is 10.2. The first-order valence-corrected chi connectivity index (χ1v) is 5.91. The highest BCUT2D eigenvalue weighted by atomic mass is 35.5. The number of urea groups is 1. The molecule has 2 unspecified atom stereocenters. The maximum absolute atomic E-state index is 11.7. The van der Waals surface area contributed by atoms with Crippen LogP contribution in [0.4, 0.5) is 10.5 Å². The fourth-order valence-electron chi connectivity index (χ4n) is 1.41. The van der Waals surface area contributed by atoms with Gasteiger partial charge in [0, 0.05) is 5.02 Å². The summed E-state index contributed by atoms with van der Waals surface area (Å²) in [5, 5.41) is 31.7. The highest BCUT2D eigenvalue weighted by Crippen LogP contribution is 2.20. The van der Waals surface area contributed by atoms with Crippen molar-refractivity contribution in [2.24, 2.45) is 0 Å². The maximum atomic E-state index is 11.7. The molecule has 0 fully saturated rings. The van der Waals surface area contributed by atoms with Gasteiger partial charge in [-0.25, -0.2) is 9.59 Å². The molecule has 1 aromatic rings. The van der Waals surface area contributed by atoms with Crippen LogP contribution in [0.15, 0.2) is 18.2 Å². The van der Waals surface area contributed by atoms with Crippen molar-refractivity contribution in [3.63, 3.8) is 0 Å². The topological polar surface area (TPSA) is 122 Å². The lowest BCUT2D eigenvalue weighted by Crippen LogP contribution is -2.49. The highest BCUT2D eigenvalue weighted by molar-refractivity contribution is 6.31. The summed E-state index contributed by atoms with van der Waals surface area (Å²) >= 11 is 5.75. The van der Waals surface area contributed by atoms with Crippen molar-refractivity contribution >= 4 is 29.3 Å². The second kappa shape index (κ2) is 6.75. The number of aliphatic hydroxyl groups excluding tert-OH is 1. The Bertz CT molecular complexity index is 568. The van der Waals surface area contributed by atoms with E-state index in [0.29, 0.717) is 5.02 Å². The molecule has 0 spiro atoms. The van der Waals surface area contributed by atoms with Crippen LogP contribution in [0.5, 0.6) is 0 Å². The molecule has 106 valence electrons. The molecule has 20 heavy (non-hydrogen) atoms. The van der Waals surface area contributed by atoms with E-state index < -0.39 is 24.1 Å². The van der Waals surface area contributed by atoms with Crippen LogP contribution < -0.4 is 10.6 Å². The van der Waals surface area contributed by atoms with Crippen LogP contribution in [-0.4, -0.2) is 34.4 Å². The Morgan fingerprint density at radius 2 is 2.10 bits per heavy atom. The second-order valence-electron chi connectivity index (χ2n) is 3.96. The normalized spacial score (nSPS) is 12.9. The van der Waals surface area contributed by atoms with E-state index in [-0.39, 0.29) is 11.3 Å². The minimum atomic E-state index is -1.46. The summed E-state index contributed by atoms with van der Waals surface area (Å²) in [6.45, 7) is 1.24. The average molecular weight is 298 g/mol. The third-order valence-electron chi connectivity index (χ3n) is 2.39. The van der Waals surface area contributed by atoms with Crippen molar-refractivity contribution < 1.29 is 19.8 Å². The van der Waals surface area contributed by atoms with E-state index in [1.165, 1.54) is 25.1 Å². The lowest BCUT2D eigenvalue weighted by molar-refractivity contribution is -0.141. The number of aliphatic carboxylic acids is 1. The van der Waals surface area contributed by atoms with E-state index in [0.717, 1.165) is 0 Å². The minimum Gasteiger partial charge on any atom is -0.480 e. The fourth-order valence-corrected chi connectivity index (χ4v) is 1.58. The minimum absolute atomic E-state index is 0.146. The van der Waals surface area contributed by atoms with Crippen molar-refractivity contribution in [3.05, 3.63) is 28.8 Å². The predicted octanol–water partition coefficient (Wildman–Crippen LogP) is 1.17. The summed E-state index contributed by atoms with van der Waals surface area (Å²) in [7, 11) is 0. The van der Waals surface area contributed by atoms with Crippen LogP contribution in [0, 0.1) is 11.3 Å². The zero-order chi connectivity index (χ0) is 15.3. The van der Waals surface area contributed by atoms with Gasteiger partial charge >= 0.3 is 12.0 Å². The van der Waals surface area contributed by atoms with Gasteiger partial charge in [0.15, 0.2) is 6.04 Å². The number of nitrogens with one attached hydrogen (secondary N) is 2. The van der Waals surface area contributed by atoms with E-state index in [1.807, 2.05) is 6.07 Å². The number of carboxylic acid groups (broad SMARTS) is 1. The summed E-state index contributed by atoms with van der Waals surface area (Å²) < 4.78 is 0. The molecule has 0 bridgehead atoms. The van der Waals surface area contributed by atoms with Gasteiger partial charge in [0.05, 0.1) is 17.4 Å². The molecule has 2 amide bonds. The van der Waals surface area contributed by atoms with Gasteiger partial charge in [-0.05, 0) is 25.1 Å². The molecule has 0 radical (unpaired) electrons. The summed E-state index contributed by atoms with van der Waals surface area (Å²) in [6, 6.07) is 3.80. The predicted molar refractivity (Wildman–Crippen MR) is 71.4 cm³/mol. The zero-order valence-electron chi connectivity index (χ0n) is 10.4. The van der Waals surface area contributed by atoms with Gasteiger partial charge in [-0.2, -0.15) is 5.26 Å². The first-order valence-electron chi connectivity index (χ1n) is 5.53. The van der Waals surface area contributed by atoms with E-state index in [4.69, 9.17) is 22.0 Å². The third-order valence-corrected chi connectivity index (χ3v) is 2.62. The molecule has 2 atom stereocenters. The van der Waals surface area contributed by atoms with Crippen LogP contribution in [0.3, 0.4) is 0 Å². The van der Waals surface area contributed by atoms with Gasteiger partial charge in [0.1, 0.15) is 6.07 Å². The molecular weight excluding hydrogens is 286 g/mol. The number of halogens is 1. The number of aliphatic hydroxyl groups is 1. The standard InChI is InChI=1S/C12H12ClN3O4/c1-6(17)10(11(18)19)16-12(20)15-9-4-8(13)3-2-7(9)5-14/h2-4,6,10,17H,1H3,(H,18,19)(H2,15,16,20). The van der Waals surface area contributed by atoms with Crippen LogP contribution in [0.1, 0.15) is 12.5 Å². The van der Waals surface area contributed by atoms with Crippen molar-refractivity contribution in [2.45, 2.75) is 19.1 Å². The number of rotatable bonds is 4. The number of nitriles is 1. The Morgan fingerprint density at radius 1 is 1.45 bits per heavy atom. The zero-order valence-corrected chi connectivity index (χ0v) is 11.2. The number of carboxylic acids is 1. The van der Waals surface area contributed by atoms with Gasteiger partial charge in [-0.3, -0.25) is 0 Å². The summed E-state index contributed by atoms with van der Waals surface area (Å²) in [4.78, 5) is 22.5. The molecule has 0 saturated heterocycles. The van der Waals surface area contributed by atoms with Gasteiger partial charge < -0.3 is 20.8 Å². The number of nitrogens with zero attached hydrogens (tertiary/aromatic N) is 1. The van der Waals surface area contributed by atoms with Gasteiger partial charge in [0.25, 0.3) is 0 Å². The molecular formula is C12H12ClN3O4. The number of carbonyl (C=O) groups is 2. The molecule has 8 heteroatoms. The Hall–Kier alpha value is -2.30. The molecule has 0 aliphatic heterocycles. The largest absolute Gasteiger partial charge is 0.480 e. The summed E-state index contributed by atoms with van der Waals surface area (Å²) in [5.74, 6) is -1.37. The Kier molecular flexibility index (Phi) is 5.32. The maximum Gasteiger partial charge on any atom is 0.328 e. The number of hydrogen-bond acceptors (Lipinski definition) is 4. The second-order valence-corrected chi connectivity index (χ2v) is 4.39. The van der Waals surface area contributed by atoms with Gasteiger partial charge in [-0.1, -0.05) is 11.6 Å². The van der Waals surface area contributed by atoms with E-state index in [1.54, 1.807) is 0 Å². The number of amides is 2. The van der Waals surface area contributed by atoms with Crippen molar-refractivity contribution in [3.8, 4) is 6.07 Å². The molecule has 0 aliphatic carbocycles. The van der Waals surface area contributed by atoms with E-state index in [2.05, 4.69) is 10.6 Å². The molecule has 1 rings (SSSR count). The van der Waals surface area contributed by atoms with E-state index in [9.17, 15) is 14.7 Å². The number of anilines is 1. The molecule has 1 aromatic carbocycles. The van der Waals surface area contributed by atoms with Crippen LogP contribution in [-0.2, 0) is 4.79 Å². The first-order chi connectivity index (χ1) is 9.35. The lowest BCUT2D eigenvalue weighted by Gasteiger charge is -2.17. The van der Waals surface area contributed by atoms with Crippen molar-refractivity contribution in [1.29, 1.82) is 5.26 Å². The van der Waals surface area contributed by atoms with Crippen molar-refractivity contribution in [2.75, 3.05) is 5.32 Å². The first kappa shape index (κ1) is 15.8. The molecule has 4 N–H and O–H groups in total. The molecule has 0 saturated carbocycles. The highest BCUT2D eigenvalue weighted by Gasteiger charge is 2.25. The van der Waals surface area contributed by atoms with Gasteiger partial charge in [-0.15, -0.1) is 0 Å². The number of benzene rings is 1. The van der Waals surface area contributed by atoms with Gasteiger partial charge in [0.2, 0.25) is 0 Å². The molecule has 0 aliphatic rings. The molecule has 0 aromatic heterocycles.